The maximum absolute atomic E-state index is 4.33. The molecule has 1 aliphatic heterocycles. The van der Waals surface area contributed by atoms with Gasteiger partial charge in [-0.2, -0.15) is 0 Å². The summed E-state index contributed by atoms with van der Waals surface area (Å²) < 4.78 is 0. The Labute approximate surface area is 157 Å². The van der Waals surface area contributed by atoms with Gasteiger partial charge in [0, 0.05) is 32.7 Å². The van der Waals surface area contributed by atoms with E-state index < -0.39 is 0 Å². The van der Waals surface area contributed by atoms with E-state index in [0.29, 0.717) is 0 Å². The first-order valence-corrected chi connectivity index (χ1v) is 8.48. The first kappa shape index (κ1) is 18.5. The summed E-state index contributed by atoms with van der Waals surface area (Å²) >= 11 is 0. The van der Waals surface area contributed by atoms with E-state index in [0.717, 1.165) is 31.0 Å². The lowest BCUT2D eigenvalue weighted by atomic mass is 10.1. The van der Waals surface area contributed by atoms with Gasteiger partial charge in [0.2, 0.25) is 0 Å². The van der Waals surface area contributed by atoms with Crippen molar-refractivity contribution >= 4 is 29.9 Å². The van der Waals surface area contributed by atoms with Crippen molar-refractivity contribution < 1.29 is 0 Å². The molecule has 1 aromatic carbocycles. The Morgan fingerprint density at radius 2 is 1.91 bits per heavy atom. The number of aliphatic imine (C=N–C) groups is 1. The summed E-state index contributed by atoms with van der Waals surface area (Å²) in [7, 11) is 1.84. The highest BCUT2D eigenvalue weighted by molar-refractivity contribution is 14.0. The third-order valence-electron chi connectivity index (χ3n) is 4.74. The minimum Gasteiger partial charge on any atom is -0.356 e. The van der Waals surface area contributed by atoms with E-state index in [1.807, 2.05) is 7.05 Å². The van der Waals surface area contributed by atoms with Gasteiger partial charge in [-0.25, -0.2) is 0 Å². The lowest BCUT2D eigenvalue weighted by molar-refractivity contribution is 0.314. The number of aryl methyl sites for hydroxylation is 1. The standard InChI is InChI=1S/C18H28N4.HI/c1-14-3-5-15(6-4-14)11-20-18(19-2)21-12-16-9-10-22(13-16)17-7-8-17;/h3-6,16-17H,7-13H2,1-2H3,(H2,19,20,21);1H. The van der Waals surface area contributed by atoms with Crippen molar-refractivity contribution in [1.29, 1.82) is 0 Å². The second-order valence-corrected chi connectivity index (χ2v) is 6.67. The number of rotatable bonds is 5. The van der Waals surface area contributed by atoms with Crippen LogP contribution in [0.4, 0.5) is 0 Å². The van der Waals surface area contributed by atoms with Crippen LogP contribution in [0.2, 0.25) is 0 Å². The molecule has 1 saturated heterocycles. The molecule has 23 heavy (non-hydrogen) atoms. The molecule has 2 N–H and O–H groups in total. The van der Waals surface area contributed by atoms with Crippen LogP contribution in [-0.4, -0.2) is 43.6 Å². The van der Waals surface area contributed by atoms with Crippen LogP contribution in [0.25, 0.3) is 0 Å². The van der Waals surface area contributed by atoms with Crippen molar-refractivity contribution in [2.24, 2.45) is 10.9 Å². The first-order chi connectivity index (χ1) is 10.7. The van der Waals surface area contributed by atoms with Crippen molar-refractivity contribution in [3.63, 3.8) is 0 Å². The Hall–Kier alpha value is -0.820. The van der Waals surface area contributed by atoms with E-state index in [4.69, 9.17) is 0 Å². The average Bonchev–Trinajstić information content (AvgIpc) is 3.28. The maximum Gasteiger partial charge on any atom is 0.191 e. The van der Waals surface area contributed by atoms with E-state index in [2.05, 4.69) is 51.7 Å². The SMILES string of the molecule is CN=C(NCc1ccc(C)cc1)NCC1CCN(C2CC2)C1.I. The molecule has 0 amide bonds. The number of nitrogens with one attached hydrogen (secondary N) is 2. The molecule has 1 unspecified atom stereocenters. The van der Waals surface area contributed by atoms with Gasteiger partial charge < -0.3 is 15.5 Å². The smallest absolute Gasteiger partial charge is 0.191 e. The molecule has 4 nitrogen and oxygen atoms in total. The van der Waals surface area contributed by atoms with E-state index >= 15 is 0 Å². The second kappa shape index (κ2) is 8.87. The van der Waals surface area contributed by atoms with Crippen LogP contribution in [0.3, 0.4) is 0 Å². The van der Waals surface area contributed by atoms with Crippen LogP contribution in [0, 0.1) is 12.8 Å². The molecule has 0 bridgehead atoms. The lowest BCUT2D eigenvalue weighted by Gasteiger charge is -2.17. The van der Waals surface area contributed by atoms with Gasteiger partial charge in [-0.05, 0) is 44.2 Å². The maximum atomic E-state index is 4.33. The van der Waals surface area contributed by atoms with E-state index in [-0.39, 0.29) is 24.0 Å². The Morgan fingerprint density at radius 1 is 1.17 bits per heavy atom. The third kappa shape index (κ3) is 5.64. The Bertz CT molecular complexity index is 510. The Kier molecular flexibility index (Phi) is 7.14. The molecule has 1 heterocycles. The fraction of sp³-hybridized carbons (Fsp3) is 0.611. The number of hydrogen-bond acceptors (Lipinski definition) is 2. The first-order valence-electron chi connectivity index (χ1n) is 8.48. The van der Waals surface area contributed by atoms with Crippen molar-refractivity contribution in [2.45, 2.75) is 38.8 Å². The van der Waals surface area contributed by atoms with Crippen LogP contribution >= 0.6 is 24.0 Å². The topological polar surface area (TPSA) is 39.7 Å². The minimum absolute atomic E-state index is 0. The van der Waals surface area contributed by atoms with E-state index in [9.17, 15) is 0 Å². The van der Waals surface area contributed by atoms with Crippen molar-refractivity contribution in [2.75, 3.05) is 26.7 Å². The molecular formula is C18H29IN4. The van der Waals surface area contributed by atoms with E-state index in [1.165, 1.54) is 43.5 Å². The predicted octanol–water partition coefficient (Wildman–Crippen LogP) is 2.76. The minimum atomic E-state index is 0. The van der Waals surface area contributed by atoms with Crippen LogP contribution in [-0.2, 0) is 6.54 Å². The highest BCUT2D eigenvalue weighted by atomic mass is 127. The predicted molar refractivity (Wildman–Crippen MR) is 107 cm³/mol. The molecule has 1 atom stereocenters. The van der Waals surface area contributed by atoms with Crippen LogP contribution < -0.4 is 10.6 Å². The fourth-order valence-electron chi connectivity index (χ4n) is 3.15. The summed E-state index contributed by atoms with van der Waals surface area (Å²) in [5.74, 6) is 1.67. The Morgan fingerprint density at radius 3 is 2.57 bits per heavy atom. The fourth-order valence-corrected chi connectivity index (χ4v) is 3.15. The number of benzene rings is 1. The molecule has 1 saturated carbocycles. The van der Waals surface area contributed by atoms with Crippen LogP contribution in [0.5, 0.6) is 0 Å². The number of halogens is 1. The molecule has 0 radical (unpaired) electrons. The molecule has 3 rings (SSSR count). The van der Waals surface area contributed by atoms with Crippen molar-refractivity contribution in [3.8, 4) is 0 Å². The highest BCUT2D eigenvalue weighted by Gasteiger charge is 2.34. The van der Waals surface area contributed by atoms with Gasteiger partial charge in [-0.1, -0.05) is 29.8 Å². The molecule has 2 aliphatic rings. The number of hydrogen-bond donors (Lipinski definition) is 2. The van der Waals surface area contributed by atoms with Gasteiger partial charge in [0.05, 0.1) is 0 Å². The van der Waals surface area contributed by atoms with Gasteiger partial charge in [0.1, 0.15) is 0 Å². The normalized spacial score (nSPS) is 21.8. The monoisotopic (exact) mass is 428 g/mol. The van der Waals surface area contributed by atoms with Crippen molar-refractivity contribution in [1.82, 2.24) is 15.5 Å². The van der Waals surface area contributed by atoms with Crippen LogP contribution in [0.1, 0.15) is 30.4 Å². The number of likely N-dealkylation sites (tertiary alicyclic amines) is 1. The van der Waals surface area contributed by atoms with Crippen LogP contribution in [0.15, 0.2) is 29.3 Å². The average molecular weight is 428 g/mol. The quantitative estimate of drug-likeness (QED) is 0.431. The van der Waals surface area contributed by atoms with E-state index in [1.54, 1.807) is 0 Å². The second-order valence-electron chi connectivity index (χ2n) is 6.67. The van der Waals surface area contributed by atoms with Gasteiger partial charge in [0.25, 0.3) is 0 Å². The highest BCUT2D eigenvalue weighted by Crippen LogP contribution is 2.31. The molecule has 0 spiro atoms. The molecule has 1 aliphatic carbocycles. The summed E-state index contributed by atoms with van der Waals surface area (Å²) in [5.41, 5.74) is 2.59. The van der Waals surface area contributed by atoms with Gasteiger partial charge in [-0.3, -0.25) is 4.99 Å². The molecule has 0 aromatic heterocycles. The molecule has 2 fully saturated rings. The Balaban J connectivity index is 0.00000192. The lowest BCUT2D eigenvalue weighted by Crippen LogP contribution is -2.40. The zero-order valence-corrected chi connectivity index (χ0v) is 16.5. The third-order valence-corrected chi connectivity index (χ3v) is 4.74. The molecule has 1 aromatic rings. The molecular weight excluding hydrogens is 399 g/mol. The number of nitrogens with zero attached hydrogens (tertiary/aromatic N) is 2. The molecule has 128 valence electrons. The van der Waals surface area contributed by atoms with Gasteiger partial charge in [0.15, 0.2) is 5.96 Å². The van der Waals surface area contributed by atoms with Gasteiger partial charge in [-0.15, -0.1) is 24.0 Å². The summed E-state index contributed by atoms with van der Waals surface area (Å²) in [5, 5.41) is 6.89. The largest absolute Gasteiger partial charge is 0.356 e. The van der Waals surface area contributed by atoms with Crippen molar-refractivity contribution in [3.05, 3.63) is 35.4 Å². The molecule has 5 heteroatoms. The zero-order valence-electron chi connectivity index (χ0n) is 14.2. The number of guanidine groups is 1. The van der Waals surface area contributed by atoms with Gasteiger partial charge >= 0.3 is 0 Å². The summed E-state index contributed by atoms with van der Waals surface area (Å²) in [6.07, 6.45) is 4.15. The zero-order chi connectivity index (χ0) is 15.4. The summed E-state index contributed by atoms with van der Waals surface area (Å²) in [6.45, 7) is 6.50. The summed E-state index contributed by atoms with van der Waals surface area (Å²) in [4.78, 5) is 6.99. The summed E-state index contributed by atoms with van der Waals surface area (Å²) in [6, 6.07) is 9.54.